The van der Waals surface area contributed by atoms with Gasteiger partial charge in [-0.3, -0.25) is 0 Å². The minimum atomic E-state index is 0. The van der Waals surface area contributed by atoms with Gasteiger partial charge in [0.2, 0.25) is 0 Å². The topological polar surface area (TPSA) is 59.6 Å². The predicted octanol–water partition coefficient (Wildman–Crippen LogP) is 2.80. The van der Waals surface area contributed by atoms with E-state index in [0.717, 1.165) is 11.3 Å². The summed E-state index contributed by atoms with van der Waals surface area (Å²) in [5.74, 6) is 1.50. The molecule has 5 heteroatoms. The highest BCUT2D eigenvalue weighted by atomic mass is 127. The summed E-state index contributed by atoms with van der Waals surface area (Å²) in [5.41, 5.74) is 6.96. The lowest BCUT2D eigenvalue weighted by Crippen LogP contribution is -2.33. The molecule has 0 radical (unpaired) electrons. The predicted molar refractivity (Wildman–Crippen MR) is 91.6 cm³/mol. The molecule has 1 aromatic carbocycles. The van der Waals surface area contributed by atoms with Crippen molar-refractivity contribution in [2.75, 3.05) is 0 Å². The van der Waals surface area contributed by atoms with Gasteiger partial charge in [-0.15, -0.1) is 24.0 Å². The molecule has 0 unspecified atom stereocenters. The van der Waals surface area contributed by atoms with Gasteiger partial charge in [-0.05, 0) is 38.2 Å². The van der Waals surface area contributed by atoms with Gasteiger partial charge >= 0.3 is 0 Å². The van der Waals surface area contributed by atoms with E-state index in [9.17, 15) is 0 Å². The number of halogens is 1. The van der Waals surface area contributed by atoms with Crippen molar-refractivity contribution in [1.29, 1.82) is 0 Å². The first kappa shape index (κ1) is 15.4. The Labute approximate surface area is 137 Å². The number of nitrogens with zero attached hydrogens (tertiary/aromatic N) is 1. The molecule has 0 heterocycles. The maximum atomic E-state index is 5.98. The van der Waals surface area contributed by atoms with Gasteiger partial charge in [-0.1, -0.05) is 18.2 Å². The summed E-state index contributed by atoms with van der Waals surface area (Å²) < 4.78 is 5.98. The van der Waals surface area contributed by atoms with E-state index >= 15 is 0 Å². The Kier molecular flexibility index (Phi) is 5.51. The van der Waals surface area contributed by atoms with Crippen molar-refractivity contribution in [1.82, 2.24) is 5.32 Å². The van der Waals surface area contributed by atoms with Crippen LogP contribution in [0.4, 0.5) is 0 Å². The van der Waals surface area contributed by atoms with Crippen molar-refractivity contribution in [3.8, 4) is 5.75 Å². The van der Waals surface area contributed by atoms with Crippen molar-refractivity contribution in [3.63, 3.8) is 0 Å². The third-order valence-corrected chi connectivity index (χ3v) is 3.67. The van der Waals surface area contributed by atoms with Gasteiger partial charge in [0, 0.05) is 11.6 Å². The lowest BCUT2D eigenvalue weighted by molar-refractivity contribution is 0.119. The number of nitrogens with one attached hydrogen (secondary N) is 1. The molecule has 3 N–H and O–H groups in total. The fourth-order valence-electron chi connectivity index (χ4n) is 2.07. The van der Waals surface area contributed by atoms with Gasteiger partial charge in [-0.2, -0.15) is 0 Å². The van der Waals surface area contributed by atoms with Gasteiger partial charge < -0.3 is 15.8 Å². The number of hydrogen-bond donors (Lipinski definition) is 2. The molecule has 0 saturated heterocycles. The molecule has 2 aliphatic rings. The molecule has 0 atom stereocenters. The van der Waals surface area contributed by atoms with Crippen LogP contribution >= 0.6 is 24.0 Å². The SMILES string of the molecule is I.NC(=NCc1ccccc1OC1CCC1)NC1CC1. The van der Waals surface area contributed by atoms with Crippen molar-refractivity contribution in [2.45, 2.75) is 50.8 Å². The molecule has 0 bridgehead atoms. The van der Waals surface area contributed by atoms with E-state index in [1.807, 2.05) is 18.2 Å². The Morgan fingerprint density at radius 2 is 2.00 bits per heavy atom. The fraction of sp³-hybridized carbons (Fsp3) is 0.533. The van der Waals surface area contributed by atoms with Crippen molar-refractivity contribution >= 4 is 29.9 Å². The van der Waals surface area contributed by atoms with E-state index in [1.54, 1.807) is 0 Å². The van der Waals surface area contributed by atoms with Gasteiger partial charge in [-0.25, -0.2) is 4.99 Å². The molecule has 4 nitrogen and oxygen atoms in total. The first-order valence-corrected chi connectivity index (χ1v) is 7.12. The number of guanidine groups is 1. The summed E-state index contributed by atoms with van der Waals surface area (Å²) in [4.78, 5) is 4.39. The normalized spacial score (nSPS) is 18.9. The van der Waals surface area contributed by atoms with Crippen LogP contribution in [0.1, 0.15) is 37.7 Å². The Balaban J connectivity index is 0.00000147. The first-order valence-electron chi connectivity index (χ1n) is 7.12. The molecule has 2 fully saturated rings. The highest BCUT2D eigenvalue weighted by molar-refractivity contribution is 14.0. The summed E-state index contributed by atoms with van der Waals surface area (Å²) in [5, 5.41) is 3.19. The molecule has 3 rings (SSSR count). The van der Waals surface area contributed by atoms with Gasteiger partial charge in [0.25, 0.3) is 0 Å². The fourth-order valence-corrected chi connectivity index (χ4v) is 2.07. The van der Waals surface area contributed by atoms with Crippen LogP contribution < -0.4 is 15.8 Å². The third-order valence-electron chi connectivity index (χ3n) is 3.67. The Bertz CT molecular complexity index is 470. The second kappa shape index (κ2) is 7.15. The molecule has 110 valence electrons. The summed E-state index contributed by atoms with van der Waals surface area (Å²) in [6.45, 7) is 0.578. The van der Waals surface area contributed by atoms with Gasteiger partial charge in [0.05, 0.1) is 12.6 Å². The molecular formula is C15H22IN3O. The zero-order valence-electron chi connectivity index (χ0n) is 11.5. The maximum Gasteiger partial charge on any atom is 0.189 e. The van der Waals surface area contributed by atoms with E-state index in [0.29, 0.717) is 24.7 Å². The number of ether oxygens (including phenoxy) is 1. The number of nitrogens with two attached hydrogens (primary N) is 1. The van der Waals surface area contributed by atoms with Crippen LogP contribution in [0.15, 0.2) is 29.3 Å². The Hall–Kier alpha value is -0.980. The average molecular weight is 387 g/mol. The number of hydrogen-bond acceptors (Lipinski definition) is 2. The summed E-state index contributed by atoms with van der Waals surface area (Å²) in [6, 6.07) is 8.65. The highest BCUT2D eigenvalue weighted by Crippen LogP contribution is 2.27. The van der Waals surface area contributed by atoms with Crippen LogP contribution in [-0.4, -0.2) is 18.1 Å². The largest absolute Gasteiger partial charge is 0.490 e. The number of rotatable bonds is 5. The average Bonchev–Trinajstić information content (AvgIpc) is 3.16. The molecular weight excluding hydrogens is 365 g/mol. The highest BCUT2D eigenvalue weighted by Gasteiger charge is 2.22. The maximum absolute atomic E-state index is 5.98. The van der Waals surface area contributed by atoms with E-state index in [2.05, 4.69) is 16.4 Å². The van der Waals surface area contributed by atoms with Crippen LogP contribution in [-0.2, 0) is 6.54 Å². The molecule has 0 aromatic heterocycles. The zero-order chi connectivity index (χ0) is 13.1. The minimum absolute atomic E-state index is 0. The van der Waals surface area contributed by atoms with E-state index in [1.165, 1.54) is 32.1 Å². The molecule has 2 saturated carbocycles. The van der Waals surface area contributed by atoms with Crippen LogP contribution in [0, 0.1) is 0 Å². The number of aliphatic imine (C=N–C) groups is 1. The van der Waals surface area contributed by atoms with E-state index in [4.69, 9.17) is 10.5 Å². The quantitative estimate of drug-likeness (QED) is 0.464. The third kappa shape index (κ3) is 4.26. The molecule has 2 aliphatic carbocycles. The van der Waals surface area contributed by atoms with Crippen LogP contribution in [0.2, 0.25) is 0 Å². The van der Waals surface area contributed by atoms with Crippen molar-refractivity contribution < 1.29 is 4.74 Å². The smallest absolute Gasteiger partial charge is 0.189 e. The second-order valence-electron chi connectivity index (χ2n) is 5.40. The Morgan fingerprint density at radius 1 is 1.25 bits per heavy atom. The monoisotopic (exact) mass is 387 g/mol. The van der Waals surface area contributed by atoms with E-state index < -0.39 is 0 Å². The molecule has 0 amide bonds. The standard InChI is InChI=1S/C15H21N3O.HI/c16-15(18-12-8-9-12)17-10-11-4-1-2-7-14(11)19-13-5-3-6-13;/h1-2,4,7,12-13H,3,5-6,8-10H2,(H3,16,17,18);1H. The van der Waals surface area contributed by atoms with Crippen LogP contribution in [0.25, 0.3) is 0 Å². The van der Waals surface area contributed by atoms with Crippen LogP contribution in [0.3, 0.4) is 0 Å². The Morgan fingerprint density at radius 3 is 2.65 bits per heavy atom. The summed E-state index contributed by atoms with van der Waals surface area (Å²) in [7, 11) is 0. The molecule has 0 spiro atoms. The van der Waals surface area contributed by atoms with Crippen molar-refractivity contribution in [3.05, 3.63) is 29.8 Å². The second-order valence-corrected chi connectivity index (χ2v) is 5.40. The van der Waals surface area contributed by atoms with Gasteiger partial charge in [0.1, 0.15) is 5.75 Å². The molecule has 1 aromatic rings. The van der Waals surface area contributed by atoms with Crippen molar-refractivity contribution in [2.24, 2.45) is 10.7 Å². The molecule has 0 aliphatic heterocycles. The first-order chi connectivity index (χ1) is 9.31. The minimum Gasteiger partial charge on any atom is -0.490 e. The van der Waals surface area contributed by atoms with Gasteiger partial charge in [0.15, 0.2) is 5.96 Å². The summed E-state index contributed by atoms with van der Waals surface area (Å²) in [6.07, 6.45) is 6.43. The summed E-state index contributed by atoms with van der Waals surface area (Å²) >= 11 is 0. The van der Waals surface area contributed by atoms with E-state index in [-0.39, 0.29) is 24.0 Å². The van der Waals surface area contributed by atoms with Crippen LogP contribution in [0.5, 0.6) is 5.75 Å². The zero-order valence-corrected chi connectivity index (χ0v) is 13.9. The lowest BCUT2D eigenvalue weighted by Gasteiger charge is -2.27. The lowest BCUT2D eigenvalue weighted by atomic mass is 9.96. The number of benzene rings is 1. The molecule has 20 heavy (non-hydrogen) atoms. The number of para-hydroxylation sites is 1.